The summed E-state index contributed by atoms with van der Waals surface area (Å²) in [6.45, 7) is 0. The number of nitrogens with zero attached hydrogens (tertiary/aromatic N) is 1. The number of rotatable bonds is 7. The van der Waals surface area contributed by atoms with Crippen LogP contribution in [0.15, 0.2) is 30.5 Å². The maximum Gasteiger partial charge on any atom is 0.270 e. The van der Waals surface area contributed by atoms with E-state index in [-0.39, 0.29) is 11.9 Å². The summed E-state index contributed by atoms with van der Waals surface area (Å²) in [6, 6.07) is 7.43. The number of pyridine rings is 1. The van der Waals surface area contributed by atoms with Gasteiger partial charge in [0.2, 0.25) is 5.75 Å². The number of amides is 1. The third-order valence-electron chi connectivity index (χ3n) is 4.89. The molecule has 1 aromatic heterocycles. The van der Waals surface area contributed by atoms with Crippen LogP contribution in [0.5, 0.6) is 17.2 Å². The average Bonchev–Trinajstić information content (AvgIpc) is 2.74. The summed E-state index contributed by atoms with van der Waals surface area (Å²) in [5.41, 5.74) is 1.93. The zero-order valence-electron chi connectivity index (χ0n) is 16.6. The Bertz CT molecular complexity index is 777. The number of ether oxygens (including phenoxy) is 3. The van der Waals surface area contributed by atoms with E-state index in [1.807, 2.05) is 18.2 Å². The average molecular weight is 385 g/mol. The number of benzene rings is 1. The largest absolute Gasteiger partial charge is 0.493 e. The Labute approximate surface area is 165 Å². The molecule has 3 rings (SSSR count). The van der Waals surface area contributed by atoms with Crippen molar-refractivity contribution >= 4 is 17.3 Å². The van der Waals surface area contributed by atoms with E-state index in [0.717, 1.165) is 24.2 Å². The molecule has 7 nitrogen and oxygen atoms in total. The van der Waals surface area contributed by atoms with Crippen molar-refractivity contribution in [1.29, 1.82) is 0 Å². The van der Waals surface area contributed by atoms with Gasteiger partial charge in [-0.25, -0.2) is 4.98 Å². The van der Waals surface area contributed by atoms with Crippen LogP contribution in [0.4, 0.5) is 11.4 Å². The van der Waals surface area contributed by atoms with Gasteiger partial charge in [0.05, 0.1) is 33.2 Å². The zero-order valence-corrected chi connectivity index (χ0v) is 16.6. The maximum absolute atomic E-state index is 12.4. The number of carbonyl (C=O) groups excluding carboxylic acids is 1. The van der Waals surface area contributed by atoms with Gasteiger partial charge in [-0.05, 0) is 25.0 Å². The lowest BCUT2D eigenvalue weighted by molar-refractivity contribution is 0.0922. The standard InChI is InChI=1S/C21H27N3O4/c1-26-18-11-16(12-19(27-2)20(18)28-3)23-15-9-10-17(22-13-15)21(25)24-14-7-5-4-6-8-14/h9-14,23H,4-8H2,1-3H3,(H,24,25). The number of methoxy groups -OCH3 is 3. The number of hydrogen-bond acceptors (Lipinski definition) is 6. The lowest BCUT2D eigenvalue weighted by atomic mass is 9.95. The number of aromatic nitrogens is 1. The highest BCUT2D eigenvalue weighted by atomic mass is 16.5. The Morgan fingerprint density at radius 1 is 0.964 bits per heavy atom. The van der Waals surface area contributed by atoms with Gasteiger partial charge in [0.15, 0.2) is 11.5 Å². The smallest absolute Gasteiger partial charge is 0.270 e. The van der Waals surface area contributed by atoms with Crippen LogP contribution in [0.3, 0.4) is 0 Å². The van der Waals surface area contributed by atoms with Gasteiger partial charge in [-0.15, -0.1) is 0 Å². The highest BCUT2D eigenvalue weighted by Gasteiger charge is 2.17. The fourth-order valence-corrected chi connectivity index (χ4v) is 3.43. The first kappa shape index (κ1) is 19.8. The first-order valence-electron chi connectivity index (χ1n) is 9.48. The van der Waals surface area contributed by atoms with Gasteiger partial charge in [-0.3, -0.25) is 4.79 Å². The Kier molecular flexibility index (Phi) is 6.57. The molecule has 1 aliphatic rings. The molecule has 1 fully saturated rings. The Hall–Kier alpha value is -2.96. The van der Waals surface area contributed by atoms with Gasteiger partial charge in [0.1, 0.15) is 5.69 Å². The van der Waals surface area contributed by atoms with Crippen LogP contribution in [0, 0.1) is 0 Å². The highest BCUT2D eigenvalue weighted by molar-refractivity contribution is 5.92. The molecule has 150 valence electrons. The van der Waals surface area contributed by atoms with Gasteiger partial charge in [-0.1, -0.05) is 19.3 Å². The van der Waals surface area contributed by atoms with Crippen LogP contribution in [-0.4, -0.2) is 38.3 Å². The van der Waals surface area contributed by atoms with Crippen molar-refractivity contribution in [2.24, 2.45) is 0 Å². The van der Waals surface area contributed by atoms with Crippen LogP contribution in [0.2, 0.25) is 0 Å². The summed E-state index contributed by atoms with van der Waals surface area (Å²) in [6.07, 6.45) is 7.34. The van der Waals surface area contributed by atoms with Crippen LogP contribution in [-0.2, 0) is 0 Å². The van der Waals surface area contributed by atoms with Gasteiger partial charge >= 0.3 is 0 Å². The van der Waals surface area contributed by atoms with Crippen molar-refractivity contribution in [3.05, 3.63) is 36.2 Å². The van der Waals surface area contributed by atoms with Crippen LogP contribution in [0.1, 0.15) is 42.6 Å². The van der Waals surface area contributed by atoms with Crippen LogP contribution < -0.4 is 24.8 Å². The van der Waals surface area contributed by atoms with Crippen LogP contribution in [0.25, 0.3) is 0 Å². The predicted molar refractivity (Wildman–Crippen MR) is 108 cm³/mol. The summed E-state index contributed by atoms with van der Waals surface area (Å²) >= 11 is 0. The van der Waals surface area contributed by atoms with Gasteiger partial charge in [0.25, 0.3) is 5.91 Å². The highest BCUT2D eigenvalue weighted by Crippen LogP contribution is 2.40. The predicted octanol–water partition coefficient (Wildman–Crippen LogP) is 3.91. The molecule has 1 aliphatic carbocycles. The molecule has 2 N–H and O–H groups in total. The first-order valence-corrected chi connectivity index (χ1v) is 9.48. The fourth-order valence-electron chi connectivity index (χ4n) is 3.43. The lowest BCUT2D eigenvalue weighted by Crippen LogP contribution is -2.36. The number of anilines is 2. The Balaban J connectivity index is 1.69. The summed E-state index contributed by atoms with van der Waals surface area (Å²) < 4.78 is 16.1. The molecule has 0 saturated heterocycles. The van der Waals surface area contributed by atoms with Crippen LogP contribution >= 0.6 is 0 Å². The van der Waals surface area contributed by atoms with Crippen molar-refractivity contribution in [1.82, 2.24) is 10.3 Å². The Morgan fingerprint density at radius 2 is 1.64 bits per heavy atom. The van der Waals surface area contributed by atoms with Crippen molar-refractivity contribution in [2.75, 3.05) is 26.6 Å². The van der Waals surface area contributed by atoms with E-state index >= 15 is 0 Å². The topological polar surface area (TPSA) is 81.7 Å². The molecule has 2 aromatic rings. The summed E-state index contributed by atoms with van der Waals surface area (Å²) in [4.78, 5) is 16.7. The summed E-state index contributed by atoms with van der Waals surface area (Å²) in [5, 5.41) is 6.32. The second-order valence-corrected chi connectivity index (χ2v) is 6.78. The van der Waals surface area contributed by atoms with Crippen molar-refractivity contribution in [3.8, 4) is 17.2 Å². The molecule has 1 saturated carbocycles. The van der Waals surface area contributed by atoms with Crippen molar-refractivity contribution in [2.45, 2.75) is 38.1 Å². The quantitative estimate of drug-likeness (QED) is 0.752. The molecule has 28 heavy (non-hydrogen) atoms. The second kappa shape index (κ2) is 9.30. The van der Waals surface area contributed by atoms with Gasteiger partial charge < -0.3 is 24.8 Å². The molecule has 0 unspecified atom stereocenters. The van der Waals surface area contributed by atoms with E-state index in [0.29, 0.717) is 22.9 Å². The maximum atomic E-state index is 12.4. The molecule has 7 heteroatoms. The fraction of sp³-hybridized carbons (Fsp3) is 0.429. The molecule has 0 radical (unpaired) electrons. The molecule has 0 spiro atoms. The molecular weight excluding hydrogens is 358 g/mol. The summed E-state index contributed by atoms with van der Waals surface area (Å²) in [7, 11) is 4.71. The monoisotopic (exact) mass is 385 g/mol. The van der Waals surface area contributed by atoms with Gasteiger partial charge in [-0.2, -0.15) is 0 Å². The zero-order chi connectivity index (χ0) is 19.9. The molecule has 0 atom stereocenters. The lowest BCUT2D eigenvalue weighted by Gasteiger charge is -2.22. The molecular formula is C21H27N3O4. The van der Waals surface area contributed by atoms with E-state index in [1.165, 1.54) is 19.3 Å². The third kappa shape index (κ3) is 4.65. The SMILES string of the molecule is COc1cc(Nc2ccc(C(=O)NC3CCCCC3)nc2)cc(OC)c1OC. The first-order chi connectivity index (χ1) is 13.6. The van der Waals surface area contributed by atoms with E-state index < -0.39 is 0 Å². The van der Waals surface area contributed by atoms with Crippen molar-refractivity contribution in [3.63, 3.8) is 0 Å². The molecule has 1 heterocycles. The number of carbonyl (C=O) groups is 1. The number of nitrogens with one attached hydrogen (secondary N) is 2. The second-order valence-electron chi connectivity index (χ2n) is 6.78. The van der Waals surface area contributed by atoms with E-state index in [4.69, 9.17) is 14.2 Å². The van der Waals surface area contributed by atoms with E-state index in [2.05, 4.69) is 15.6 Å². The molecule has 0 aliphatic heterocycles. The minimum Gasteiger partial charge on any atom is -0.493 e. The van der Waals surface area contributed by atoms with Gasteiger partial charge in [0, 0.05) is 23.9 Å². The number of hydrogen-bond donors (Lipinski definition) is 2. The minimum atomic E-state index is -0.119. The molecule has 0 bridgehead atoms. The normalized spacial score (nSPS) is 14.2. The third-order valence-corrected chi connectivity index (χ3v) is 4.89. The van der Waals surface area contributed by atoms with E-state index in [9.17, 15) is 4.79 Å². The minimum absolute atomic E-state index is 0.119. The van der Waals surface area contributed by atoms with Crippen molar-refractivity contribution < 1.29 is 19.0 Å². The molecule has 1 aromatic carbocycles. The summed E-state index contributed by atoms with van der Waals surface area (Å²) in [5.74, 6) is 1.52. The molecule has 1 amide bonds. The Morgan fingerprint density at radius 3 is 2.18 bits per heavy atom. The van der Waals surface area contributed by atoms with E-state index in [1.54, 1.807) is 33.6 Å².